The monoisotopic (exact) mass is 440 g/mol. The molecule has 0 unspecified atom stereocenters. The lowest BCUT2D eigenvalue weighted by molar-refractivity contribution is -0.122. The predicted molar refractivity (Wildman–Crippen MR) is 105 cm³/mol. The third-order valence-electron chi connectivity index (χ3n) is 3.89. The summed E-state index contributed by atoms with van der Waals surface area (Å²) in [5.74, 6) is 1.16. The van der Waals surface area contributed by atoms with E-state index < -0.39 is 0 Å². The smallest absolute Gasteiger partial charge is 0.220 e. The van der Waals surface area contributed by atoms with Crippen LogP contribution < -0.4 is 16.4 Å². The van der Waals surface area contributed by atoms with E-state index in [0.29, 0.717) is 44.5 Å². The quantitative estimate of drug-likeness (QED) is 0.210. The first-order valence-corrected chi connectivity index (χ1v) is 8.60. The van der Waals surface area contributed by atoms with Crippen LogP contribution in [0, 0.1) is 5.92 Å². The van der Waals surface area contributed by atoms with Gasteiger partial charge in [0, 0.05) is 39.3 Å². The SMILES string of the molecule is CCOCCCN=C(N)NCCNC(=O)CC1CCCCC1.I. The van der Waals surface area contributed by atoms with E-state index in [1.165, 1.54) is 32.1 Å². The zero-order valence-corrected chi connectivity index (χ0v) is 16.6. The molecule has 1 amide bonds. The summed E-state index contributed by atoms with van der Waals surface area (Å²) in [6.07, 6.45) is 7.81. The first kappa shape index (κ1) is 22.4. The number of carbonyl (C=O) groups excluding carboxylic acids is 1. The normalized spacial score (nSPS) is 15.8. The molecule has 6 nitrogen and oxygen atoms in total. The zero-order chi connectivity index (χ0) is 16.0. The van der Waals surface area contributed by atoms with E-state index in [1.807, 2.05) is 6.92 Å². The van der Waals surface area contributed by atoms with Crippen LogP contribution in [0.15, 0.2) is 4.99 Å². The zero-order valence-electron chi connectivity index (χ0n) is 14.3. The Morgan fingerprint density at radius 3 is 2.61 bits per heavy atom. The Morgan fingerprint density at radius 2 is 1.91 bits per heavy atom. The number of rotatable bonds is 10. The Kier molecular flexibility index (Phi) is 14.6. The maximum Gasteiger partial charge on any atom is 0.220 e. The molecule has 0 aromatic carbocycles. The summed E-state index contributed by atoms with van der Waals surface area (Å²) >= 11 is 0. The fourth-order valence-electron chi connectivity index (χ4n) is 2.68. The van der Waals surface area contributed by atoms with E-state index in [4.69, 9.17) is 10.5 Å². The van der Waals surface area contributed by atoms with Gasteiger partial charge in [0.1, 0.15) is 0 Å². The molecule has 0 saturated heterocycles. The van der Waals surface area contributed by atoms with Gasteiger partial charge in [-0.1, -0.05) is 19.3 Å². The van der Waals surface area contributed by atoms with Crippen LogP contribution in [0.1, 0.15) is 51.9 Å². The second kappa shape index (κ2) is 15.0. The summed E-state index contributed by atoms with van der Waals surface area (Å²) in [5, 5.41) is 5.94. The molecule has 0 radical (unpaired) electrons. The van der Waals surface area contributed by atoms with Crippen molar-refractivity contribution >= 4 is 35.8 Å². The van der Waals surface area contributed by atoms with Crippen molar-refractivity contribution in [3.63, 3.8) is 0 Å². The van der Waals surface area contributed by atoms with Gasteiger partial charge in [0.2, 0.25) is 5.91 Å². The molecule has 0 bridgehead atoms. The largest absolute Gasteiger partial charge is 0.382 e. The molecule has 1 rings (SSSR count). The first-order chi connectivity index (χ1) is 10.7. The lowest BCUT2D eigenvalue weighted by Gasteiger charge is -2.20. The van der Waals surface area contributed by atoms with Crippen molar-refractivity contribution in [1.82, 2.24) is 10.6 Å². The highest BCUT2D eigenvalue weighted by Crippen LogP contribution is 2.25. The molecule has 1 aliphatic rings. The molecule has 0 atom stereocenters. The Balaban J connectivity index is 0.00000484. The molecule has 0 aromatic rings. The topological polar surface area (TPSA) is 88.7 Å². The van der Waals surface area contributed by atoms with E-state index in [-0.39, 0.29) is 29.9 Å². The second-order valence-corrected chi connectivity index (χ2v) is 5.80. The molecule has 4 N–H and O–H groups in total. The van der Waals surface area contributed by atoms with Crippen LogP contribution in [-0.4, -0.2) is 44.7 Å². The standard InChI is InChI=1S/C16H32N4O2.HI/c1-2-22-12-6-9-19-16(17)20-11-10-18-15(21)13-14-7-4-3-5-8-14;/h14H,2-13H2,1H3,(H,18,21)(H3,17,19,20);1H. The van der Waals surface area contributed by atoms with Crippen LogP contribution in [0.25, 0.3) is 0 Å². The van der Waals surface area contributed by atoms with Crippen LogP contribution in [0.2, 0.25) is 0 Å². The summed E-state index contributed by atoms with van der Waals surface area (Å²) in [6.45, 7) is 5.27. The number of hydrogen-bond acceptors (Lipinski definition) is 3. The molecule has 0 aliphatic heterocycles. The molecular formula is C16H33IN4O2. The molecular weight excluding hydrogens is 407 g/mol. The maximum absolute atomic E-state index is 11.8. The van der Waals surface area contributed by atoms with Gasteiger partial charge in [-0.3, -0.25) is 9.79 Å². The molecule has 0 spiro atoms. The number of nitrogens with one attached hydrogen (secondary N) is 2. The van der Waals surface area contributed by atoms with E-state index in [2.05, 4.69) is 15.6 Å². The second-order valence-electron chi connectivity index (χ2n) is 5.80. The number of carbonyl (C=O) groups is 1. The fraction of sp³-hybridized carbons (Fsp3) is 0.875. The van der Waals surface area contributed by atoms with Crippen LogP contribution in [0.5, 0.6) is 0 Å². The van der Waals surface area contributed by atoms with Crippen LogP contribution >= 0.6 is 24.0 Å². The summed E-state index contributed by atoms with van der Waals surface area (Å²) in [6, 6.07) is 0. The lowest BCUT2D eigenvalue weighted by atomic mass is 9.87. The third kappa shape index (κ3) is 12.5. The number of nitrogens with zero attached hydrogens (tertiary/aromatic N) is 1. The predicted octanol–water partition coefficient (Wildman–Crippen LogP) is 2.02. The van der Waals surface area contributed by atoms with Crippen molar-refractivity contribution in [3.8, 4) is 0 Å². The van der Waals surface area contributed by atoms with Crippen molar-refractivity contribution in [3.05, 3.63) is 0 Å². The van der Waals surface area contributed by atoms with Crippen molar-refractivity contribution in [2.45, 2.75) is 51.9 Å². The number of nitrogens with two attached hydrogens (primary N) is 1. The number of ether oxygens (including phenoxy) is 1. The van der Waals surface area contributed by atoms with Crippen LogP contribution in [-0.2, 0) is 9.53 Å². The van der Waals surface area contributed by atoms with Gasteiger partial charge in [0.05, 0.1) is 0 Å². The van der Waals surface area contributed by atoms with E-state index in [0.717, 1.165) is 13.0 Å². The molecule has 1 saturated carbocycles. The Hall–Kier alpha value is -0.570. The molecule has 136 valence electrons. The van der Waals surface area contributed by atoms with Gasteiger partial charge in [0.15, 0.2) is 5.96 Å². The molecule has 23 heavy (non-hydrogen) atoms. The summed E-state index contributed by atoms with van der Waals surface area (Å²) in [7, 11) is 0. The van der Waals surface area contributed by atoms with E-state index >= 15 is 0 Å². The van der Waals surface area contributed by atoms with Crippen LogP contribution in [0.4, 0.5) is 0 Å². The number of halogens is 1. The number of hydrogen-bond donors (Lipinski definition) is 3. The highest BCUT2D eigenvalue weighted by molar-refractivity contribution is 14.0. The van der Waals surface area contributed by atoms with Gasteiger partial charge in [-0.2, -0.15) is 0 Å². The van der Waals surface area contributed by atoms with Gasteiger partial charge in [-0.05, 0) is 32.1 Å². The van der Waals surface area contributed by atoms with Gasteiger partial charge in [0.25, 0.3) is 0 Å². The molecule has 0 heterocycles. The number of amides is 1. The minimum Gasteiger partial charge on any atom is -0.382 e. The summed E-state index contributed by atoms with van der Waals surface area (Å²) in [5.41, 5.74) is 5.74. The average molecular weight is 440 g/mol. The Labute approximate surface area is 157 Å². The minimum absolute atomic E-state index is 0. The van der Waals surface area contributed by atoms with Gasteiger partial charge < -0.3 is 21.1 Å². The van der Waals surface area contributed by atoms with Crippen LogP contribution in [0.3, 0.4) is 0 Å². The van der Waals surface area contributed by atoms with Crippen molar-refractivity contribution in [2.75, 3.05) is 32.8 Å². The number of aliphatic imine (C=N–C) groups is 1. The van der Waals surface area contributed by atoms with Gasteiger partial charge in [-0.15, -0.1) is 24.0 Å². The molecule has 1 aliphatic carbocycles. The highest BCUT2D eigenvalue weighted by Gasteiger charge is 2.16. The summed E-state index contributed by atoms with van der Waals surface area (Å²) < 4.78 is 5.22. The lowest BCUT2D eigenvalue weighted by Crippen LogP contribution is -2.39. The Morgan fingerprint density at radius 1 is 1.22 bits per heavy atom. The average Bonchev–Trinajstić information content (AvgIpc) is 2.52. The fourth-order valence-corrected chi connectivity index (χ4v) is 2.68. The van der Waals surface area contributed by atoms with Crippen molar-refractivity contribution in [2.24, 2.45) is 16.6 Å². The molecule has 0 aromatic heterocycles. The first-order valence-electron chi connectivity index (χ1n) is 8.60. The van der Waals surface area contributed by atoms with Crippen molar-refractivity contribution in [1.29, 1.82) is 0 Å². The summed E-state index contributed by atoms with van der Waals surface area (Å²) in [4.78, 5) is 16.0. The maximum atomic E-state index is 11.8. The Bertz CT molecular complexity index is 334. The van der Waals surface area contributed by atoms with Gasteiger partial charge in [-0.25, -0.2) is 0 Å². The molecule has 7 heteroatoms. The molecule has 1 fully saturated rings. The van der Waals surface area contributed by atoms with E-state index in [9.17, 15) is 4.79 Å². The third-order valence-corrected chi connectivity index (χ3v) is 3.89. The number of guanidine groups is 1. The minimum atomic E-state index is 0. The van der Waals surface area contributed by atoms with Gasteiger partial charge >= 0.3 is 0 Å². The highest BCUT2D eigenvalue weighted by atomic mass is 127. The van der Waals surface area contributed by atoms with E-state index in [1.54, 1.807) is 0 Å². The van der Waals surface area contributed by atoms with Crippen molar-refractivity contribution < 1.29 is 9.53 Å².